The third-order valence-corrected chi connectivity index (χ3v) is 5.01. The van der Waals surface area contributed by atoms with Crippen molar-refractivity contribution >= 4 is 33.9 Å². The molecule has 0 saturated heterocycles. The summed E-state index contributed by atoms with van der Waals surface area (Å²) in [6.45, 7) is 3.17. The van der Waals surface area contributed by atoms with E-state index < -0.39 is 0 Å². The van der Waals surface area contributed by atoms with E-state index >= 15 is 0 Å². The van der Waals surface area contributed by atoms with Gasteiger partial charge in [0.15, 0.2) is 5.01 Å². The quantitative estimate of drug-likeness (QED) is 0.307. The largest absolute Gasteiger partial charge is 0.378 e. The minimum atomic E-state index is -0.326. The highest BCUT2D eigenvalue weighted by atomic mass is 32.1. The van der Waals surface area contributed by atoms with Crippen molar-refractivity contribution in [1.82, 2.24) is 20.6 Å². The molecule has 0 fully saturated rings. The summed E-state index contributed by atoms with van der Waals surface area (Å²) in [5.74, 6) is -0.527. The molecule has 2 aromatic heterocycles. The molecule has 3 aromatic rings. The Balaban J connectivity index is 1.45. The van der Waals surface area contributed by atoms with Gasteiger partial charge in [-0.05, 0) is 13.1 Å². The first kappa shape index (κ1) is 21.1. The van der Waals surface area contributed by atoms with Crippen LogP contribution in [0.2, 0.25) is 0 Å². The van der Waals surface area contributed by atoms with Crippen LogP contribution in [0.15, 0.2) is 35.8 Å². The third-order valence-electron chi connectivity index (χ3n) is 4.17. The van der Waals surface area contributed by atoms with Crippen molar-refractivity contribution in [3.8, 4) is 0 Å². The number of likely N-dealkylation sites (N-methyl/N-ethyl adjacent to an activating group) is 1. The minimum absolute atomic E-state index is 0.201. The fraction of sp³-hybridized carbons (Fsp3) is 0.350. The van der Waals surface area contributed by atoms with Gasteiger partial charge in [-0.15, -0.1) is 11.3 Å². The number of nitrogens with zero attached hydrogens (tertiary/aromatic N) is 1. The molecule has 1 aromatic carbocycles. The maximum absolute atomic E-state index is 12.7. The van der Waals surface area contributed by atoms with Crippen LogP contribution in [0.4, 0.5) is 0 Å². The van der Waals surface area contributed by atoms with Crippen molar-refractivity contribution in [2.75, 3.05) is 46.6 Å². The second-order valence-electron chi connectivity index (χ2n) is 6.20. The van der Waals surface area contributed by atoms with Crippen LogP contribution in [-0.4, -0.2) is 68.2 Å². The van der Waals surface area contributed by atoms with Gasteiger partial charge in [0.2, 0.25) is 5.78 Å². The van der Waals surface area contributed by atoms with Crippen LogP contribution in [0, 0.1) is 0 Å². The van der Waals surface area contributed by atoms with Crippen LogP contribution < -0.4 is 10.6 Å². The Morgan fingerprint density at radius 1 is 1.10 bits per heavy atom. The zero-order valence-electron chi connectivity index (χ0n) is 16.2. The standard InChI is InChI=1S/C20H24N4O4S/c1-21-6-8-27-10-11-28-9-7-22-19(26)17-13-29-20(24-17)18(25)15-12-23-16-5-3-2-4-14(15)16/h2-5,12-13,21,23H,6-11H2,1H3,(H,22,26). The molecule has 0 saturated carbocycles. The Kier molecular flexibility index (Phi) is 7.88. The number of ether oxygens (including phenoxy) is 2. The van der Waals surface area contributed by atoms with E-state index in [2.05, 4.69) is 20.6 Å². The third kappa shape index (κ3) is 5.70. The highest BCUT2D eigenvalue weighted by molar-refractivity contribution is 7.12. The van der Waals surface area contributed by atoms with Crippen LogP contribution in [0.1, 0.15) is 25.9 Å². The van der Waals surface area contributed by atoms with Gasteiger partial charge in [-0.1, -0.05) is 18.2 Å². The van der Waals surface area contributed by atoms with Crippen molar-refractivity contribution in [2.24, 2.45) is 0 Å². The number of nitrogens with one attached hydrogen (secondary N) is 3. The average molecular weight is 417 g/mol. The van der Waals surface area contributed by atoms with Crippen LogP contribution >= 0.6 is 11.3 Å². The Labute approximate surface area is 172 Å². The highest BCUT2D eigenvalue weighted by Crippen LogP contribution is 2.22. The molecule has 0 aliphatic rings. The van der Waals surface area contributed by atoms with Gasteiger partial charge in [-0.2, -0.15) is 0 Å². The molecule has 0 bridgehead atoms. The molecule has 0 spiro atoms. The number of rotatable bonds is 12. The van der Waals surface area contributed by atoms with Crippen molar-refractivity contribution < 1.29 is 19.1 Å². The summed E-state index contributed by atoms with van der Waals surface area (Å²) < 4.78 is 10.7. The summed E-state index contributed by atoms with van der Waals surface area (Å²) >= 11 is 1.16. The summed E-state index contributed by atoms with van der Waals surface area (Å²) in [6, 6.07) is 7.57. The molecule has 29 heavy (non-hydrogen) atoms. The van der Waals surface area contributed by atoms with E-state index in [-0.39, 0.29) is 22.4 Å². The normalized spacial score (nSPS) is 11.1. The molecule has 154 valence electrons. The summed E-state index contributed by atoms with van der Waals surface area (Å²) in [5, 5.41) is 8.45. The van der Waals surface area contributed by atoms with Crippen LogP contribution in [0.5, 0.6) is 0 Å². The number of carbonyl (C=O) groups is 2. The molecular weight excluding hydrogens is 392 g/mol. The molecular formula is C20H24N4O4S. The fourth-order valence-corrected chi connectivity index (χ4v) is 3.43. The first-order valence-corrected chi connectivity index (χ1v) is 10.2. The lowest BCUT2D eigenvalue weighted by Crippen LogP contribution is -2.28. The number of benzene rings is 1. The van der Waals surface area contributed by atoms with Crippen LogP contribution in [0.3, 0.4) is 0 Å². The minimum Gasteiger partial charge on any atom is -0.378 e. The van der Waals surface area contributed by atoms with Crippen molar-refractivity contribution in [3.63, 3.8) is 0 Å². The maximum atomic E-state index is 12.7. The molecule has 0 aliphatic carbocycles. The lowest BCUT2D eigenvalue weighted by molar-refractivity contribution is 0.0496. The summed E-state index contributed by atoms with van der Waals surface area (Å²) in [6.07, 6.45) is 1.67. The van der Waals surface area contributed by atoms with Gasteiger partial charge in [0, 0.05) is 35.6 Å². The topological polar surface area (TPSA) is 105 Å². The summed E-state index contributed by atoms with van der Waals surface area (Å²) in [5.41, 5.74) is 1.67. The lowest BCUT2D eigenvalue weighted by atomic mass is 10.1. The molecule has 0 aliphatic heterocycles. The molecule has 2 heterocycles. The second kappa shape index (κ2) is 10.8. The number of hydrogen-bond donors (Lipinski definition) is 3. The van der Waals surface area contributed by atoms with Crippen molar-refractivity contribution in [3.05, 3.63) is 52.1 Å². The van der Waals surface area contributed by atoms with Crippen LogP contribution in [0.25, 0.3) is 10.9 Å². The first-order valence-electron chi connectivity index (χ1n) is 9.35. The number of aromatic amines is 1. The molecule has 1 amide bonds. The number of carbonyl (C=O) groups excluding carboxylic acids is 2. The predicted octanol–water partition coefficient (Wildman–Crippen LogP) is 1.84. The number of thiazole rings is 1. The number of fused-ring (bicyclic) bond motifs is 1. The molecule has 3 N–H and O–H groups in total. The second-order valence-corrected chi connectivity index (χ2v) is 7.06. The molecule has 0 atom stereocenters. The van der Waals surface area contributed by atoms with Gasteiger partial charge >= 0.3 is 0 Å². The van der Waals surface area contributed by atoms with Crippen LogP contribution in [-0.2, 0) is 9.47 Å². The Morgan fingerprint density at radius 3 is 2.66 bits per heavy atom. The fourth-order valence-electron chi connectivity index (χ4n) is 2.68. The van der Waals surface area contributed by atoms with E-state index in [1.807, 2.05) is 31.3 Å². The number of amides is 1. The SMILES string of the molecule is CNCCOCCOCCNC(=O)c1csc(C(=O)c2c[nH]c3ccccc23)n1. The van der Waals surface area contributed by atoms with E-state index in [1.165, 1.54) is 0 Å². The smallest absolute Gasteiger partial charge is 0.270 e. The number of ketones is 1. The Morgan fingerprint density at radius 2 is 1.86 bits per heavy atom. The van der Waals surface area contributed by atoms with E-state index in [0.29, 0.717) is 38.5 Å². The van der Waals surface area contributed by atoms with Gasteiger partial charge in [-0.25, -0.2) is 4.98 Å². The zero-order valence-corrected chi connectivity index (χ0v) is 17.0. The maximum Gasteiger partial charge on any atom is 0.270 e. The monoisotopic (exact) mass is 416 g/mol. The first-order chi connectivity index (χ1) is 14.2. The summed E-state index contributed by atoms with van der Waals surface area (Å²) in [4.78, 5) is 32.2. The molecule has 9 heteroatoms. The molecule has 8 nitrogen and oxygen atoms in total. The number of H-pyrrole nitrogens is 1. The molecule has 0 unspecified atom stereocenters. The van der Waals surface area contributed by atoms with E-state index in [0.717, 1.165) is 28.8 Å². The predicted molar refractivity (Wildman–Crippen MR) is 112 cm³/mol. The summed E-state index contributed by atoms with van der Waals surface area (Å²) in [7, 11) is 1.87. The zero-order chi connectivity index (χ0) is 20.5. The Hall–Kier alpha value is -2.59. The Bertz CT molecular complexity index is 953. The van der Waals surface area contributed by atoms with Crippen molar-refractivity contribution in [1.29, 1.82) is 0 Å². The van der Waals surface area contributed by atoms with Crippen molar-refractivity contribution in [2.45, 2.75) is 0 Å². The van der Waals surface area contributed by atoms with E-state index in [4.69, 9.17) is 9.47 Å². The molecule has 3 rings (SSSR count). The number of aromatic nitrogens is 2. The molecule has 0 radical (unpaired) electrons. The van der Waals surface area contributed by atoms with Gasteiger partial charge in [0.05, 0.1) is 32.0 Å². The number of para-hydroxylation sites is 1. The van der Waals surface area contributed by atoms with E-state index in [9.17, 15) is 9.59 Å². The van der Waals surface area contributed by atoms with E-state index in [1.54, 1.807) is 11.6 Å². The van der Waals surface area contributed by atoms with Gasteiger partial charge in [-0.3, -0.25) is 9.59 Å². The van der Waals surface area contributed by atoms with Gasteiger partial charge in [0.25, 0.3) is 5.91 Å². The lowest BCUT2D eigenvalue weighted by Gasteiger charge is -2.06. The van der Waals surface area contributed by atoms with Gasteiger partial charge < -0.3 is 25.1 Å². The van der Waals surface area contributed by atoms with Gasteiger partial charge in [0.1, 0.15) is 5.69 Å². The average Bonchev–Trinajstić information content (AvgIpc) is 3.39. The number of hydrogen-bond acceptors (Lipinski definition) is 7. The highest BCUT2D eigenvalue weighted by Gasteiger charge is 2.19.